The maximum Gasteiger partial charge on any atom is 0.244 e. The highest BCUT2D eigenvalue weighted by Crippen LogP contribution is 2.25. The van der Waals surface area contributed by atoms with Gasteiger partial charge in [0.25, 0.3) is 0 Å². The van der Waals surface area contributed by atoms with Crippen molar-refractivity contribution in [2.45, 2.75) is 52.2 Å². The van der Waals surface area contributed by atoms with Gasteiger partial charge in [-0.15, -0.1) is 0 Å². The van der Waals surface area contributed by atoms with E-state index in [0.29, 0.717) is 12.1 Å². The molecular weight excluding hydrogens is 578 g/mol. The molecule has 3 aromatic rings. The van der Waals surface area contributed by atoms with Gasteiger partial charge in [0, 0.05) is 23.5 Å². The fourth-order valence-electron chi connectivity index (χ4n) is 4.37. The molecule has 9 heteroatoms. The Labute approximate surface area is 240 Å². The summed E-state index contributed by atoms with van der Waals surface area (Å²) in [4.78, 5) is 29.2. The van der Waals surface area contributed by atoms with Gasteiger partial charge in [-0.2, -0.15) is 0 Å². The van der Waals surface area contributed by atoms with Crippen LogP contribution < -0.4 is 9.62 Å². The topological polar surface area (TPSA) is 86.8 Å². The van der Waals surface area contributed by atoms with Gasteiger partial charge in [0.05, 0.1) is 11.9 Å². The van der Waals surface area contributed by atoms with Crippen LogP contribution in [0.1, 0.15) is 37.5 Å². The van der Waals surface area contributed by atoms with E-state index < -0.39 is 28.5 Å². The van der Waals surface area contributed by atoms with Gasteiger partial charge in [-0.1, -0.05) is 83.5 Å². The van der Waals surface area contributed by atoms with E-state index in [4.69, 9.17) is 0 Å². The summed E-state index contributed by atoms with van der Waals surface area (Å²) in [6, 6.07) is 23.2. The third kappa shape index (κ3) is 8.66. The normalized spacial score (nSPS) is 12.2. The Bertz CT molecular complexity index is 1360. The number of para-hydroxylation sites is 1. The van der Waals surface area contributed by atoms with Crippen molar-refractivity contribution in [3.63, 3.8) is 0 Å². The maximum absolute atomic E-state index is 14.1. The highest BCUT2D eigenvalue weighted by Gasteiger charge is 2.33. The second-order valence-corrected chi connectivity index (χ2v) is 12.6. The SMILES string of the molecule is CCc1ccccc1N(CC(=O)N(Cc1ccc(Br)cc1)C(Cc1ccccc1)C(=O)NC(C)C)S(C)(=O)=O. The number of hydrogen-bond donors (Lipinski definition) is 1. The zero-order valence-electron chi connectivity index (χ0n) is 22.8. The van der Waals surface area contributed by atoms with Crippen LogP contribution in [0.25, 0.3) is 0 Å². The lowest BCUT2D eigenvalue weighted by Crippen LogP contribution is -2.54. The van der Waals surface area contributed by atoms with Crippen molar-refractivity contribution in [2.75, 3.05) is 17.1 Å². The molecule has 0 aliphatic rings. The van der Waals surface area contributed by atoms with Crippen LogP contribution in [0.15, 0.2) is 83.3 Å². The number of nitrogens with zero attached hydrogens (tertiary/aromatic N) is 2. The molecule has 2 amide bonds. The summed E-state index contributed by atoms with van der Waals surface area (Å²) < 4.78 is 28.0. The van der Waals surface area contributed by atoms with Gasteiger partial charge in [0.2, 0.25) is 21.8 Å². The molecule has 3 aromatic carbocycles. The molecule has 0 saturated carbocycles. The van der Waals surface area contributed by atoms with Crippen molar-refractivity contribution in [1.29, 1.82) is 0 Å². The highest BCUT2D eigenvalue weighted by atomic mass is 79.9. The van der Waals surface area contributed by atoms with Gasteiger partial charge in [0.15, 0.2) is 0 Å². The van der Waals surface area contributed by atoms with Crippen molar-refractivity contribution < 1.29 is 18.0 Å². The molecule has 39 heavy (non-hydrogen) atoms. The fourth-order valence-corrected chi connectivity index (χ4v) is 5.51. The Morgan fingerprint density at radius 3 is 2.10 bits per heavy atom. The predicted octanol–water partition coefficient (Wildman–Crippen LogP) is 4.94. The zero-order valence-corrected chi connectivity index (χ0v) is 25.2. The minimum absolute atomic E-state index is 0.135. The Kier molecular flexibility index (Phi) is 10.7. The van der Waals surface area contributed by atoms with Gasteiger partial charge in [-0.3, -0.25) is 13.9 Å². The Hall–Kier alpha value is -3.17. The van der Waals surface area contributed by atoms with Crippen LogP contribution in [0.5, 0.6) is 0 Å². The van der Waals surface area contributed by atoms with Crippen LogP contribution in [0, 0.1) is 0 Å². The molecule has 1 atom stereocenters. The molecule has 0 saturated heterocycles. The molecule has 0 bridgehead atoms. The first-order valence-corrected chi connectivity index (χ1v) is 15.6. The van der Waals surface area contributed by atoms with E-state index in [0.717, 1.165) is 31.7 Å². The molecule has 0 spiro atoms. The number of halogens is 1. The summed E-state index contributed by atoms with van der Waals surface area (Å²) in [5.74, 6) is -0.756. The number of sulfonamides is 1. The molecule has 1 N–H and O–H groups in total. The average molecular weight is 615 g/mol. The number of rotatable bonds is 12. The first-order chi connectivity index (χ1) is 18.5. The van der Waals surface area contributed by atoms with E-state index >= 15 is 0 Å². The first-order valence-electron chi connectivity index (χ1n) is 12.9. The lowest BCUT2D eigenvalue weighted by molar-refractivity contribution is -0.140. The summed E-state index contributed by atoms with van der Waals surface area (Å²) in [5.41, 5.74) is 2.99. The zero-order chi connectivity index (χ0) is 28.6. The molecule has 1 unspecified atom stereocenters. The van der Waals surface area contributed by atoms with Gasteiger partial charge < -0.3 is 10.2 Å². The highest BCUT2D eigenvalue weighted by molar-refractivity contribution is 9.10. The van der Waals surface area contributed by atoms with Gasteiger partial charge >= 0.3 is 0 Å². The Balaban J connectivity index is 2.07. The Morgan fingerprint density at radius 1 is 0.897 bits per heavy atom. The molecule has 0 aliphatic heterocycles. The van der Waals surface area contributed by atoms with E-state index in [1.165, 1.54) is 4.90 Å². The summed E-state index contributed by atoms with van der Waals surface area (Å²) in [5, 5.41) is 2.95. The third-order valence-corrected chi connectivity index (χ3v) is 7.94. The van der Waals surface area contributed by atoms with Gasteiger partial charge in [0.1, 0.15) is 12.6 Å². The molecule has 0 fully saturated rings. The number of carbonyl (C=O) groups is 2. The lowest BCUT2D eigenvalue weighted by Gasteiger charge is -2.34. The monoisotopic (exact) mass is 613 g/mol. The van der Waals surface area contributed by atoms with E-state index in [-0.39, 0.29) is 24.9 Å². The number of amides is 2. The minimum atomic E-state index is -3.80. The molecule has 0 aliphatic carbocycles. The third-order valence-electron chi connectivity index (χ3n) is 6.29. The van der Waals surface area contributed by atoms with Crippen molar-refractivity contribution in [3.8, 4) is 0 Å². The second-order valence-electron chi connectivity index (χ2n) is 9.77. The lowest BCUT2D eigenvalue weighted by atomic mass is 10.0. The van der Waals surface area contributed by atoms with E-state index in [1.54, 1.807) is 12.1 Å². The van der Waals surface area contributed by atoms with E-state index in [1.807, 2.05) is 87.5 Å². The summed E-state index contributed by atoms with van der Waals surface area (Å²) >= 11 is 3.44. The number of nitrogens with one attached hydrogen (secondary N) is 1. The summed E-state index contributed by atoms with van der Waals surface area (Å²) in [6.07, 6.45) is 1.98. The number of aryl methyl sites for hydroxylation is 1. The number of carbonyl (C=O) groups excluding carboxylic acids is 2. The van der Waals surface area contributed by atoms with Crippen LogP contribution >= 0.6 is 15.9 Å². The van der Waals surface area contributed by atoms with Crippen LogP contribution in [0.2, 0.25) is 0 Å². The van der Waals surface area contributed by atoms with Crippen LogP contribution in [0.3, 0.4) is 0 Å². The number of hydrogen-bond acceptors (Lipinski definition) is 4. The van der Waals surface area contributed by atoms with Crippen molar-refractivity contribution in [2.24, 2.45) is 0 Å². The molecule has 0 radical (unpaired) electrons. The average Bonchev–Trinajstić information content (AvgIpc) is 2.89. The van der Waals surface area contributed by atoms with E-state index in [9.17, 15) is 18.0 Å². The first kappa shape index (κ1) is 30.4. The second kappa shape index (κ2) is 13.8. The molecule has 7 nitrogen and oxygen atoms in total. The van der Waals surface area contributed by atoms with Crippen LogP contribution in [0.4, 0.5) is 5.69 Å². The van der Waals surface area contributed by atoms with Crippen molar-refractivity contribution in [1.82, 2.24) is 10.2 Å². The molecule has 3 rings (SSSR count). The minimum Gasteiger partial charge on any atom is -0.352 e. The quantitative estimate of drug-likeness (QED) is 0.313. The smallest absolute Gasteiger partial charge is 0.244 e. The van der Waals surface area contributed by atoms with Gasteiger partial charge in [-0.05, 0) is 55.2 Å². The van der Waals surface area contributed by atoms with Crippen LogP contribution in [-0.2, 0) is 39.0 Å². The molecule has 208 valence electrons. The summed E-state index contributed by atoms with van der Waals surface area (Å²) in [6.45, 7) is 5.39. The summed E-state index contributed by atoms with van der Waals surface area (Å²) in [7, 11) is -3.80. The predicted molar refractivity (Wildman–Crippen MR) is 160 cm³/mol. The number of anilines is 1. The van der Waals surface area contributed by atoms with Crippen molar-refractivity contribution in [3.05, 3.63) is 100 Å². The fraction of sp³-hybridized carbons (Fsp3) is 0.333. The van der Waals surface area contributed by atoms with Gasteiger partial charge in [-0.25, -0.2) is 8.42 Å². The standard InChI is InChI=1S/C30H36BrN3O4S/c1-5-25-13-9-10-14-27(25)34(39(4,37)38)21-29(35)33(20-24-15-17-26(31)18-16-24)28(30(36)32-22(2)3)19-23-11-7-6-8-12-23/h6-18,22,28H,5,19-21H2,1-4H3,(H,32,36). The molecule has 0 heterocycles. The Morgan fingerprint density at radius 2 is 1.51 bits per heavy atom. The molecular formula is C30H36BrN3O4S. The maximum atomic E-state index is 14.1. The molecule has 0 aromatic heterocycles. The van der Waals surface area contributed by atoms with E-state index in [2.05, 4.69) is 21.2 Å². The largest absolute Gasteiger partial charge is 0.352 e. The van der Waals surface area contributed by atoms with Crippen molar-refractivity contribution >= 4 is 43.5 Å². The van der Waals surface area contributed by atoms with Crippen LogP contribution in [-0.4, -0.2) is 50.0 Å². The number of benzene rings is 3.